The third kappa shape index (κ3) is 2.28. The standard InChI is InChI=1S/C15H15NO4/c17-14(13-6-3-8-19-13)16-10-15(18)7-9-20-12-5-2-1-4-11(12)15/h1-6,8,18H,7,9-10H2,(H,16,17)/t15-/m0/s1. The van der Waals surface area contributed by atoms with Crippen LogP contribution in [-0.4, -0.2) is 24.2 Å². The van der Waals surface area contributed by atoms with Gasteiger partial charge in [-0.25, -0.2) is 0 Å². The van der Waals surface area contributed by atoms with E-state index >= 15 is 0 Å². The molecule has 0 aliphatic carbocycles. The van der Waals surface area contributed by atoms with Crippen molar-refractivity contribution < 1.29 is 19.1 Å². The van der Waals surface area contributed by atoms with Gasteiger partial charge < -0.3 is 19.6 Å². The van der Waals surface area contributed by atoms with Gasteiger partial charge in [-0.1, -0.05) is 18.2 Å². The van der Waals surface area contributed by atoms with Crippen LogP contribution in [0.1, 0.15) is 22.5 Å². The van der Waals surface area contributed by atoms with Crippen LogP contribution in [0.15, 0.2) is 47.1 Å². The van der Waals surface area contributed by atoms with Crippen LogP contribution in [0.3, 0.4) is 0 Å². The first-order valence-corrected chi connectivity index (χ1v) is 6.45. The van der Waals surface area contributed by atoms with Gasteiger partial charge in [0.1, 0.15) is 11.4 Å². The summed E-state index contributed by atoms with van der Waals surface area (Å²) < 4.78 is 10.5. The Bertz CT molecular complexity index is 608. The lowest BCUT2D eigenvalue weighted by molar-refractivity contribution is -0.00180. The fraction of sp³-hybridized carbons (Fsp3) is 0.267. The first-order valence-electron chi connectivity index (χ1n) is 6.45. The van der Waals surface area contributed by atoms with Crippen LogP contribution < -0.4 is 10.1 Å². The van der Waals surface area contributed by atoms with Crippen LogP contribution in [-0.2, 0) is 5.60 Å². The molecular weight excluding hydrogens is 258 g/mol. The van der Waals surface area contributed by atoms with Crippen LogP contribution in [0.2, 0.25) is 0 Å². The molecule has 3 rings (SSSR count). The summed E-state index contributed by atoms with van der Waals surface area (Å²) in [5, 5.41) is 13.4. The molecule has 2 aromatic rings. The predicted octanol–water partition coefficient (Wildman–Crippen LogP) is 1.68. The minimum Gasteiger partial charge on any atom is -0.493 e. The van der Waals surface area contributed by atoms with Crippen LogP contribution in [0.25, 0.3) is 0 Å². The number of para-hydroxylation sites is 1. The third-order valence-electron chi connectivity index (χ3n) is 3.45. The van der Waals surface area contributed by atoms with E-state index in [1.54, 1.807) is 12.1 Å². The fourth-order valence-corrected chi connectivity index (χ4v) is 2.35. The van der Waals surface area contributed by atoms with Crippen LogP contribution in [0.5, 0.6) is 5.75 Å². The summed E-state index contributed by atoms with van der Waals surface area (Å²) in [6.45, 7) is 0.539. The Kier molecular flexibility index (Phi) is 3.20. The minimum atomic E-state index is -1.11. The molecule has 1 aromatic carbocycles. The maximum absolute atomic E-state index is 11.9. The Morgan fingerprint density at radius 2 is 2.15 bits per heavy atom. The maximum Gasteiger partial charge on any atom is 0.287 e. The molecule has 0 radical (unpaired) electrons. The van der Waals surface area contributed by atoms with Crippen molar-refractivity contribution >= 4 is 5.91 Å². The molecule has 1 aromatic heterocycles. The summed E-state index contributed by atoms with van der Waals surface area (Å²) in [5.74, 6) is 0.551. The van der Waals surface area contributed by atoms with E-state index in [0.29, 0.717) is 24.3 Å². The monoisotopic (exact) mass is 273 g/mol. The van der Waals surface area contributed by atoms with Crippen molar-refractivity contribution in [3.05, 3.63) is 54.0 Å². The van der Waals surface area contributed by atoms with E-state index < -0.39 is 5.60 Å². The number of hydrogen-bond donors (Lipinski definition) is 2. The molecule has 0 spiro atoms. The molecule has 0 saturated carbocycles. The minimum absolute atomic E-state index is 0.118. The van der Waals surface area contributed by atoms with E-state index in [1.807, 2.05) is 24.3 Å². The highest BCUT2D eigenvalue weighted by Gasteiger charge is 2.35. The van der Waals surface area contributed by atoms with Crippen molar-refractivity contribution in [2.75, 3.05) is 13.2 Å². The molecule has 1 aliphatic heterocycles. The highest BCUT2D eigenvalue weighted by Crippen LogP contribution is 2.36. The van der Waals surface area contributed by atoms with Gasteiger partial charge in [0.05, 0.1) is 19.4 Å². The molecule has 0 unspecified atom stereocenters. The topological polar surface area (TPSA) is 71.7 Å². The number of aliphatic hydroxyl groups is 1. The Morgan fingerprint density at radius 1 is 1.30 bits per heavy atom. The number of fused-ring (bicyclic) bond motifs is 1. The van der Waals surface area contributed by atoms with Gasteiger partial charge in [-0.3, -0.25) is 4.79 Å². The van der Waals surface area contributed by atoms with Gasteiger partial charge >= 0.3 is 0 Å². The molecule has 5 nitrogen and oxygen atoms in total. The summed E-state index contributed by atoms with van der Waals surface area (Å²) in [6, 6.07) is 10.5. The number of furan rings is 1. The SMILES string of the molecule is O=C(NC[C@@]1(O)CCOc2ccccc21)c1ccco1. The summed E-state index contributed by atoms with van der Waals surface area (Å²) in [4.78, 5) is 11.9. The zero-order valence-electron chi connectivity index (χ0n) is 10.8. The molecule has 1 aliphatic rings. The summed E-state index contributed by atoms with van der Waals surface area (Å²) in [7, 11) is 0. The Morgan fingerprint density at radius 3 is 2.95 bits per heavy atom. The number of nitrogens with one attached hydrogen (secondary N) is 1. The second-order valence-electron chi connectivity index (χ2n) is 4.79. The molecule has 2 heterocycles. The lowest BCUT2D eigenvalue weighted by atomic mass is 9.88. The Labute approximate surface area is 116 Å². The molecule has 104 valence electrons. The quantitative estimate of drug-likeness (QED) is 0.892. The summed E-state index contributed by atoms with van der Waals surface area (Å²) >= 11 is 0. The number of carbonyl (C=O) groups is 1. The van der Waals surface area contributed by atoms with Crippen molar-refractivity contribution in [2.45, 2.75) is 12.0 Å². The molecule has 2 N–H and O–H groups in total. The largest absolute Gasteiger partial charge is 0.493 e. The first-order chi connectivity index (χ1) is 9.69. The average molecular weight is 273 g/mol. The highest BCUT2D eigenvalue weighted by molar-refractivity contribution is 5.91. The molecular formula is C15H15NO4. The highest BCUT2D eigenvalue weighted by atomic mass is 16.5. The molecule has 0 fully saturated rings. The van der Waals surface area contributed by atoms with Crippen LogP contribution in [0, 0.1) is 0 Å². The first kappa shape index (κ1) is 12.7. The predicted molar refractivity (Wildman–Crippen MR) is 71.5 cm³/mol. The number of amides is 1. The average Bonchev–Trinajstić information content (AvgIpc) is 3.00. The van der Waals surface area contributed by atoms with Gasteiger partial charge in [0, 0.05) is 12.0 Å². The van der Waals surface area contributed by atoms with Gasteiger partial charge in [-0.05, 0) is 18.2 Å². The molecule has 1 amide bonds. The smallest absolute Gasteiger partial charge is 0.287 e. The van der Waals surface area contributed by atoms with Gasteiger partial charge in [0.15, 0.2) is 5.76 Å². The van der Waals surface area contributed by atoms with Crippen molar-refractivity contribution in [1.82, 2.24) is 5.32 Å². The maximum atomic E-state index is 11.9. The third-order valence-corrected chi connectivity index (χ3v) is 3.45. The van der Waals surface area contributed by atoms with E-state index in [2.05, 4.69) is 5.32 Å². The number of rotatable bonds is 3. The molecule has 0 bridgehead atoms. The zero-order chi connectivity index (χ0) is 14.0. The van der Waals surface area contributed by atoms with Crippen molar-refractivity contribution in [2.24, 2.45) is 0 Å². The summed E-state index contributed by atoms with van der Waals surface area (Å²) in [6.07, 6.45) is 1.87. The van der Waals surface area contributed by atoms with E-state index in [9.17, 15) is 9.90 Å². The van der Waals surface area contributed by atoms with Crippen LogP contribution in [0.4, 0.5) is 0 Å². The second kappa shape index (κ2) is 5.02. The molecule has 5 heteroatoms. The number of ether oxygens (including phenoxy) is 1. The molecule has 20 heavy (non-hydrogen) atoms. The summed E-state index contributed by atoms with van der Waals surface area (Å²) in [5.41, 5.74) is -0.414. The Balaban J connectivity index is 1.76. The van der Waals surface area contributed by atoms with E-state index in [4.69, 9.17) is 9.15 Å². The van der Waals surface area contributed by atoms with E-state index in [1.165, 1.54) is 6.26 Å². The van der Waals surface area contributed by atoms with E-state index in [-0.39, 0.29) is 18.2 Å². The van der Waals surface area contributed by atoms with Crippen molar-refractivity contribution in [3.8, 4) is 5.75 Å². The van der Waals surface area contributed by atoms with Gasteiger partial charge in [0.25, 0.3) is 5.91 Å². The van der Waals surface area contributed by atoms with Crippen LogP contribution >= 0.6 is 0 Å². The fourth-order valence-electron chi connectivity index (χ4n) is 2.35. The van der Waals surface area contributed by atoms with Gasteiger partial charge in [0.2, 0.25) is 0 Å². The number of hydrogen-bond acceptors (Lipinski definition) is 4. The zero-order valence-corrected chi connectivity index (χ0v) is 10.8. The normalized spacial score (nSPS) is 20.9. The lowest BCUT2D eigenvalue weighted by Gasteiger charge is -2.34. The van der Waals surface area contributed by atoms with Gasteiger partial charge in [-0.15, -0.1) is 0 Å². The number of carbonyl (C=O) groups excluding carboxylic acids is 1. The molecule has 1 atom stereocenters. The van der Waals surface area contributed by atoms with Crippen molar-refractivity contribution in [1.29, 1.82) is 0 Å². The van der Waals surface area contributed by atoms with Gasteiger partial charge in [-0.2, -0.15) is 0 Å². The second-order valence-corrected chi connectivity index (χ2v) is 4.79. The van der Waals surface area contributed by atoms with Crippen molar-refractivity contribution in [3.63, 3.8) is 0 Å². The Hall–Kier alpha value is -2.27. The number of benzene rings is 1. The molecule has 0 saturated heterocycles. The lowest BCUT2D eigenvalue weighted by Crippen LogP contribution is -2.43. The van der Waals surface area contributed by atoms with E-state index in [0.717, 1.165) is 0 Å².